The minimum atomic E-state index is -3.73. The fraction of sp³-hybridized carbons (Fsp3) is 0.308. The van der Waals surface area contributed by atoms with Crippen molar-refractivity contribution in [2.45, 2.75) is 24.5 Å². The lowest BCUT2D eigenvalue weighted by molar-refractivity contribution is 0.396. The average Bonchev–Trinajstić information content (AvgIpc) is 2.95. The van der Waals surface area contributed by atoms with Crippen LogP contribution in [0.25, 0.3) is 0 Å². The number of nitrogens with two attached hydrogens (primary N) is 1. The van der Waals surface area contributed by atoms with E-state index in [1.165, 1.54) is 17.5 Å². The molecule has 6 nitrogen and oxygen atoms in total. The van der Waals surface area contributed by atoms with Crippen molar-refractivity contribution in [3.63, 3.8) is 0 Å². The number of sulfonamides is 1. The Morgan fingerprint density at radius 3 is 2.71 bits per heavy atom. The highest BCUT2D eigenvalue weighted by molar-refractivity contribution is 7.89. The minimum absolute atomic E-state index is 0.0198. The van der Waals surface area contributed by atoms with Crippen molar-refractivity contribution in [3.05, 3.63) is 46.6 Å². The summed E-state index contributed by atoms with van der Waals surface area (Å²) < 4.78 is 26.6. The number of nitrogens with one attached hydrogen (secondary N) is 1. The molecule has 0 saturated carbocycles. The Bertz CT molecular complexity index is 729. The van der Waals surface area contributed by atoms with Crippen molar-refractivity contribution in [1.29, 1.82) is 0 Å². The van der Waals surface area contributed by atoms with Crippen LogP contribution >= 0.6 is 11.6 Å². The molecule has 1 aromatic carbocycles. The van der Waals surface area contributed by atoms with Gasteiger partial charge in [-0.25, -0.2) is 8.42 Å². The topological polar surface area (TPSA) is 92.1 Å². The van der Waals surface area contributed by atoms with E-state index in [1.54, 1.807) is 25.1 Å². The zero-order valence-electron chi connectivity index (χ0n) is 11.7. The number of H-pyrrole nitrogens is 1. The number of aromatic amines is 1. The molecule has 0 aliphatic carbocycles. The van der Waals surface area contributed by atoms with Gasteiger partial charge in [0, 0.05) is 30.2 Å². The Hall–Kier alpha value is -1.41. The summed E-state index contributed by atoms with van der Waals surface area (Å²) in [7, 11) is -2.22. The largest absolute Gasteiger partial charge is 0.326 e. The third-order valence-corrected chi connectivity index (χ3v) is 5.72. The molecule has 0 aliphatic heterocycles. The summed E-state index contributed by atoms with van der Waals surface area (Å²) in [6.07, 6.45) is 1.42. The SMILES string of the molecule is CC(c1ccccc1Cl)N(C)S(=O)(=O)c1[nH]ncc1CN. The summed E-state index contributed by atoms with van der Waals surface area (Å²) >= 11 is 6.14. The van der Waals surface area contributed by atoms with Crippen LogP contribution in [0.3, 0.4) is 0 Å². The fourth-order valence-electron chi connectivity index (χ4n) is 2.03. The number of rotatable bonds is 5. The molecule has 0 spiro atoms. The summed E-state index contributed by atoms with van der Waals surface area (Å²) in [6, 6.07) is 6.73. The van der Waals surface area contributed by atoms with E-state index in [-0.39, 0.29) is 11.6 Å². The van der Waals surface area contributed by atoms with Gasteiger partial charge in [0.1, 0.15) is 0 Å². The number of aromatic nitrogens is 2. The highest BCUT2D eigenvalue weighted by atomic mass is 35.5. The molecule has 2 rings (SSSR count). The van der Waals surface area contributed by atoms with Crippen LogP contribution in [0.2, 0.25) is 5.02 Å². The zero-order chi connectivity index (χ0) is 15.6. The Balaban J connectivity index is 2.39. The highest BCUT2D eigenvalue weighted by Gasteiger charge is 2.30. The van der Waals surface area contributed by atoms with Crippen molar-refractivity contribution in [3.8, 4) is 0 Å². The predicted octanol–water partition coefficient (Wildman–Crippen LogP) is 1.90. The standard InChI is InChI=1S/C13H17ClN4O2S/c1-9(11-5-3-4-6-12(11)14)18(2)21(19,20)13-10(7-15)8-16-17-13/h3-6,8-9H,7,15H2,1-2H3,(H,16,17). The molecule has 0 saturated heterocycles. The minimum Gasteiger partial charge on any atom is -0.326 e. The van der Waals surface area contributed by atoms with E-state index >= 15 is 0 Å². The van der Waals surface area contributed by atoms with Crippen LogP contribution in [0, 0.1) is 0 Å². The Kier molecular flexibility index (Phi) is 4.67. The van der Waals surface area contributed by atoms with Gasteiger partial charge in [0.05, 0.1) is 6.20 Å². The van der Waals surface area contributed by atoms with Crippen molar-refractivity contribution in [2.75, 3.05) is 7.05 Å². The van der Waals surface area contributed by atoms with Gasteiger partial charge < -0.3 is 5.73 Å². The molecular formula is C13H17ClN4O2S. The molecule has 21 heavy (non-hydrogen) atoms. The summed E-state index contributed by atoms with van der Waals surface area (Å²) in [4.78, 5) is 0. The predicted molar refractivity (Wildman–Crippen MR) is 81.3 cm³/mol. The van der Waals surface area contributed by atoms with Gasteiger partial charge in [-0.15, -0.1) is 0 Å². The second kappa shape index (κ2) is 6.15. The van der Waals surface area contributed by atoms with Gasteiger partial charge in [-0.1, -0.05) is 29.8 Å². The van der Waals surface area contributed by atoms with Gasteiger partial charge in [0.2, 0.25) is 0 Å². The highest BCUT2D eigenvalue weighted by Crippen LogP contribution is 2.30. The third kappa shape index (κ3) is 2.96. The Labute approximate surface area is 129 Å². The second-order valence-corrected chi connectivity index (χ2v) is 6.99. The van der Waals surface area contributed by atoms with Gasteiger partial charge in [-0.2, -0.15) is 9.40 Å². The van der Waals surface area contributed by atoms with Crippen LogP contribution in [0.1, 0.15) is 24.1 Å². The van der Waals surface area contributed by atoms with E-state index in [9.17, 15) is 8.42 Å². The summed E-state index contributed by atoms with van der Waals surface area (Å²) in [5.74, 6) is 0. The van der Waals surface area contributed by atoms with Gasteiger partial charge in [-0.3, -0.25) is 5.10 Å². The molecular weight excluding hydrogens is 312 g/mol. The Morgan fingerprint density at radius 2 is 2.10 bits per heavy atom. The summed E-state index contributed by atoms with van der Waals surface area (Å²) in [6.45, 7) is 1.87. The first-order chi connectivity index (χ1) is 9.89. The summed E-state index contributed by atoms with van der Waals surface area (Å²) in [5.41, 5.74) is 6.73. The number of hydrogen-bond acceptors (Lipinski definition) is 4. The van der Waals surface area contributed by atoms with Gasteiger partial charge in [0.25, 0.3) is 10.0 Å². The summed E-state index contributed by atoms with van der Waals surface area (Å²) in [5, 5.41) is 6.80. The molecule has 0 fully saturated rings. The van der Waals surface area contributed by atoms with Crippen molar-refractivity contribution >= 4 is 21.6 Å². The fourth-order valence-corrected chi connectivity index (χ4v) is 3.78. The van der Waals surface area contributed by atoms with Crippen LogP contribution in [-0.2, 0) is 16.6 Å². The lowest BCUT2D eigenvalue weighted by atomic mass is 10.1. The first-order valence-corrected chi connectivity index (χ1v) is 8.16. The molecule has 8 heteroatoms. The molecule has 0 radical (unpaired) electrons. The maximum atomic E-state index is 12.7. The van der Waals surface area contributed by atoms with Crippen LogP contribution in [0.5, 0.6) is 0 Å². The van der Waals surface area contributed by atoms with E-state index in [2.05, 4.69) is 10.2 Å². The van der Waals surface area contributed by atoms with Gasteiger partial charge >= 0.3 is 0 Å². The average molecular weight is 329 g/mol. The number of benzene rings is 1. The van der Waals surface area contributed by atoms with Crippen molar-refractivity contribution in [1.82, 2.24) is 14.5 Å². The molecule has 2 aromatic rings. The van der Waals surface area contributed by atoms with Crippen molar-refractivity contribution in [2.24, 2.45) is 5.73 Å². The molecule has 1 heterocycles. The molecule has 0 bridgehead atoms. The van der Waals surface area contributed by atoms with Crippen LogP contribution in [-0.4, -0.2) is 30.0 Å². The number of nitrogens with zero attached hydrogens (tertiary/aromatic N) is 2. The zero-order valence-corrected chi connectivity index (χ0v) is 13.3. The van der Waals surface area contributed by atoms with E-state index in [4.69, 9.17) is 17.3 Å². The van der Waals surface area contributed by atoms with E-state index in [0.717, 1.165) is 5.56 Å². The molecule has 0 aliphatic rings. The lowest BCUT2D eigenvalue weighted by Gasteiger charge is -2.25. The normalized spacial score (nSPS) is 13.6. The maximum absolute atomic E-state index is 12.7. The van der Waals surface area contributed by atoms with Crippen LogP contribution in [0.4, 0.5) is 0 Å². The van der Waals surface area contributed by atoms with E-state index in [1.807, 2.05) is 6.07 Å². The van der Waals surface area contributed by atoms with Crippen molar-refractivity contribution < 1.29 is 8.42 Å². The Morgan fingerprint density at radius 1 is 1.43 bits per heavy atom. The monoisotopic (exact) mass is 328 g/mol. The van der Waals surface area contributed by atoms with Gasteiger partial charge in [-0.05, 0) is 18.6 Å². The first-order valence-electron chi connectivity index (χ1n) is 6.34. The number of hydrogen-bond donors (Lipinski definition) is 2. The van der Waals surface area contributed by atoms with E-state index < -0.39 is 16.1 Å². The molecule has 1 atom stereocenters. The third-order valence-electron chi connectivity index (χ3n) is 3.44. The lowest BCUT2D eigenvalue weighted by Crippen LogP contribution is -2.31. The smallest absolute Gasteiger partial charge is 0.260 e. The second-order valence-electron chi connectivity index (χ2n) is 4.65. The van der Waals surface area contributed by atoms with Crippen LogP contribution < -0.4 is 5.73 Å². The van der Waals surface area contributed by atoms with Gasteiger partial charge in [0.15, 0.2) is 5.03 Å². The number of halogens is 1. The molecule has 0 amide bonds. The van der Waals surface area contributed by atoms with E-state index in [0.29, 0.717) is 10.6 Å². The maximum Gasteiger partial charge on any atom is 0.260 e. The first kappa shape index (κ1) is 16.0. The molecule has 3 N–H and O–H groups in total. The molecule has 114 valence electrons. The van der Waals surface area contributed by atoms with Crippen LogP contribution in [0.15, 0.2) is 35.5 Å². The molecule has 1 unspecified atom stereocenters. The quantitative estimate of drug-likeness (QED) is 0.876. The molecule has 1 aromatic heterocycles.